The van der Waals surface area contributed by atoms with Gasteiger partial charge in [-0.05, 0) is 60.6 Å². The summed E-state index contributed by atoms with van der Waals surface area (Å²) in [6, 6.07) is 15.1. The molecule has 0 bridgehead atoms. The van der Waals surface area contributed by atoms with Gasteiger partial charge in [0.05, 0.1) is 13.7 Å². The van der Waals surface area contributed by atoms with Crippen molar-refractivity contribution in [2.24, 2.45) is 0 Å². The third-order valence-corrected chi connectivity index (χ3v) is 3.71. The third-order valence-electron chi connectivity index (χ3n) is 3.47. The molecule has 0 spiro atoms. The van der Waals surface area contributed by atoms with Crippen LogP contribution in [0.2, 0.25) is 0 Å². The molecular formula is C20H22N2O3S. The summed E-state index contributed by atoms with van der Waals surface area (Å²) in [5, 5.41) is 5.89. The number of rotatable bonds is 7. The molecule has 0 aliphatic carbocycles. The third kappa shape index (κ3) is 6.57. The highest BCUT2D eigenvalue weighted by Gasteiger charge is 2.01. The summed E-state index contributed by atoms with van der Waals surface area (Å²) in [6.45, 7) is 3.08. The number of hydrogen-bond acceptors (Lipinski definition) is 4. The highest BCUT2D eigenvalue weighted by atomic mass is 32.1. The minimum atomic E-state index is -0.286. The van der Waals surface area contributed by atoms with Crippen LogP contribution in [0.1, 0.15) is 18.1 Å². The molecule has 2 aromatic rings. The van der Waals surface area contributed by atoms with Crippen LogP contribution in [0.3, 0.4) is 0 Å². The fourth-order valence-electron chi connectivity index (χ4n) is 2.14. The molecule has 0 aliphatic heterocycles. The van der Waals surface area contributed by atoms with Gasteiger partial charge in [0.1, 0.15) is 11.5 Å². The number of nitrogens with one attached hydrogen (secondary N) is 2. The standard InChI is InChI=1S/C20H22N2O3S/c1-3-25-18-11-4-15(5-12-18)8-13-19(23)22-20(26)21-14-16-6-9-17(24-2)10-7-16/h4-13H,3,14H2,1-2H3,(H2,21,22,23,26)/b13-8+. The lowest BCUT2D eigenvalue weighted by Crippen LogP contribution is -2.37. The van der Waals surface area contributed by atoms with Crippen LogP contribution in [0.25, 0.3) is 6.08 Å². The Labute approximate surface area is 159 Å². The molecular weight excluding hydrogens is 348 g/mol. The first-order valence-corrected chi connectivity index (χ1v) is 8.64. The highest BCUT2D eigenvalue weighted by molar-refractivity contribution is 7.80. The van der Waals surface area contributed by atoms with Crippen LogP contribution in [0.5, 0.6) is 11.5 Å². The first kappa shape index (κ1) is 19.5. The fourth-order valence-corrected chi connectivity index (χ4v) is 2.31. The summed E-state index contributed by atoms with van der Waals surface area (Å²) in [6.07, 6.45) is 3.16. The molecule has 2 rings (SSSR count). The van der Waals surface area contributed by atoms with Crippen molar-refractivity contribution >= 4 is 29.3 Å². The molecule has 0 saturated heterocycles. The SMILES string of the molecule is CCOc1ccc(/C=C/C(=O)NC(=S)NCc2ccc(OC)cc2)cc1. The molecule has 5 nitrogen and oxygen atoms in total. The Hall–Kier alpha value is -2.86. The van der Waals surface area contributed by atoms with Gasteiger partial charge in [-0.3, -0.25) is 10.1 Å². The van der Waals surface area contributed by atoms with Crippen molar-refractivity contribution < 1.29 is 14.3 Å². The molecule has 1 amide bonds. The number of carbonyl (C=O) groups is 1. The molecule has 0 aromatic heterocycles. The normalized spacial score (nSPS) is 10.4. The number of carbonyl (C=O) groups excluding carboxylic acids is 1. The number of ether oxygens (including phenoxy) is 2. The predicted octanol–water partition coefficient (Wildman–Crippen LogP) is 3.30. The molecule has 26 heavy (non-hydrogen) atoms. The Morgan fingerprint density at radius 1 is 1.08 bits per heavy atom. The van der Waals surface area contributed by atoms with Gasteiger partial charge in [0.25, 0.3) is 0 Å². The lowest BCUT2D eigenvalue weighted by molar-refractivity contribution is -0.115. The fraction of sp³-hybridized carbons (Fsp3) is 0.200. The van der Waals surface area contributed by atoms with Crippen LogP contribution in [0.4, 0.5) is 0 Å². The van der Waals surface area contributed by atoms with E-state index in [4.69, 9.17) is 21.7 Å². The van der Waals surface area contributed by atoms with Gasteiger partial charge in [0.2, 0.25) is 5.91 Å². The summed E-state index contributed by atoms with van der Waals surface area (Å²) in [7, 11) is 1.62. The second-order valence-corrected chi connectivity index (χ2v) is 5.76. The van der Waals surface area contributed by atoms with Crippen LogP contribution < -0.4 is 20.1 Å². The van der Waals surface area contributed by atoms with Crippen molar-refractivity contribution in [3.05, 3.63) is 65.7 Å². The zero-order valence-electron chi connectivity index (χ0n) is 14.8. The predicted molar refractivity (Wildman–Crippen MR) is 107 cm³/mol. The van der Waals surface area contributed by atoms with Crippen LogP contribution in [-0.4, -0.2) is 24.7 Å². The minimum Gasteiger partial charge on any atom is -0.497 e. The Bertz CT molecular complexity index is 756. The summed E-state index contributed by atoms with van der Waals surface area (Å²) >= 11 is 5.14. The van der Waals surface area contributed by atoms with Crippen LogP contribution >= 0.6 is 12.2 Å². The highest BCUT2D eigenvalue weighted by Crippen LogP contribution is 2.13. The molecule has 0 saturated carbocycles. The van der Waals surface area contributed by atoms with Crippen molar-refractivity contribution in [1.29, 1.82) is 0 Å². The van der Waals surface area contributed by atoms with E-state index in [0.29, 0.717) is 13.2 Å². The number of methoxy groups -OCH3 is 1. The second-order valence-electron chi connectivity index (χ2n) is 5.36. The quantitative estimate of drug-likeness (QED) is 0.578. The molecule has 0 heterocycles. The summed E-state index contributed by atoms with van der Waals surface area (Å²) in [4.78, 5) is 11.9. The average Bonchev–Trinajstić information content (AvgIpc) is 2.66. The Morgan fingerprint density at radius 2 is 1.73 bits per heavy atom. The summed E-state index contributed by atoms with van der Waals surface area (Å²) in [5.74, 6) is 1.31. The summed E-state index contributed by atoms with van der Waals surface area (Å²) in [5.41, 5.74) is 1.94. The van der Waals surface area contributed by atoms with E-state index in [2.05, 4.69) is 10.6 Å². The van der Waals surface area contributed by atoms with Gasteiger partial charge in [-0.1, -0.05) is 24.3 Å². The smallest absolute Gasteiger partial charge is 0.250 e. The molecule has 6 heteroatoms. The van der Waals surface area contributed by atoms with Crippen LogP contribution in [-0.2, 0) is 11.3 Å². The maximum Gasteiger partial charge on any atom is 0.250 e. The van der Waals surface area contributed by atoms with Gasteiger partial charge < -0.3 is 14.8 Å². The first-order valence-electron chi connectivity index (χ1n) is 8.23. The molecule has 136 valence electrons. The van der Waals surface area contributed by atoms with Crippen molar-refractivity contribution in [2.75, 3.05) is 13.7 Å². The summed E-state index contributed by atoms with van der Waals surface area (Å²) < 4.78 is 10.5. The van der Waals surface area contributed by atoms with Crippen LogP contribution in [0.15, 0.2) is 54.6 Å². The van der Waals surface area contributed by atoms with Gasteiger partial charge in [-0.2, -0.15) is 0 Å². The molecule has 0 unspecified atom stereocenters. The number of thiocarbonyl (C=S) groups is 1. The van der Waals surface area contributed by atoms with E-state index < -0.39 is 0 Å². The Morgan fingerprint density at radius 3 is 2.35 bits per heavy atom. The van der Waals surface area contributed by atoms with E-state index >= 15 is 0 Å². The minimum absolute atomic E-state index is 0.280. The first-order chi connectivity index (χ1) is 12.6. The van der Waals surface area contributed by atoms with Crippen molar-refractivity contribution in [2.45, 2.75) is 13.5 Å². The maximum absolute atomic E-state index is 11.9. The van der Waals surface area contributed by atoms with Gasteiger partial charge in [0.15, 0.2) is 5.11 Å². The molecule has 0 fully saturated rings. The monoisotopic (exact) mass is 370 g/mol. The topological polar surface area (TPSA) is 59.6 Å². The zero-order valence-corrected chi connectivity index (χ0v) is 15.6. The Balaban J connectivity index is 1.77. The number of amides is 1. The van der Waals surface area contributed by atoms with Gasteiger partial charge >= 0.3 is 0 Å². The van der Waals surface area contributed by atoms with Gasteiger partial charge in [-0.25, -0.2) is 0 Å². The zero-order chi connectivity index (χ0) is 18.8. The molecule has 0 atom stereocenters. The lowest BCUT2D eigenvalue weighted by Gasteiger charge is -2.08. The van der Waals surface area contributed by atoms with Crippen LogP contribution in [0, 0.1) is 0 Å². The van der Waals surface area contributed by atoms with Gasteiger partial charge in [0, 0.05) is 12.6 Å². The van der Waals surface area contributed by atoms with Crippen molar-refractivity contribution in [3.8, 4) is 11.5 Å². The molecule has 2 aromatic carbocycles. The second kappa shape index (κ2) is 10.2. The van der Waals surface area contributed by atoms with E-state index in [-0.39, 0.29) is 11.0 Å². The van der Waals surface area contributed by atoms with E-state index in [0.717, 1.165) is 22.6 Å². The number of hydrogen-bond donors (Lipinski definition) is 2. The number of benzene rings is 2. The van der Waals surface area contributed by atoms with Crippen molar-refractivity contribution in [3.63, 3.8) is 0 Å². The van der Waals surface area contributed by atoms with Crippen molar-refractivity contribution in [1.82, 2.24) is 10.6 Å². The van der Waals surface area contributed by atoms with Gasteiger partial charge in [-0.15, -0.1) is 0 Å². The molecule has 2 N–H and O–H groups in total. The largest absolute Gasteiger partial charge is 0.497 e. The molecule has 0 radical (unpaired) electrons. The van der Waals surface area contributed by atoms with E-state index in [1.54, 1.807) is 13.2 Å². The van der Waals surface area contributed by atoms with E-state index in [9.17, 15) is 4.79 Å². The van der Waals surface area contributed by atoms with E-state index in [1.807, 2.05) is 55.5 Å². The maximum atomic E-state index is 11.9. The van der Waals surface area contributed by atoms with E-state index in [1.165, 1.54) is 6.08 Å². The average molecular weight is 370 g/mol. The molecule has 0 aliphatic rings. The Kier molecular flexibility index (Phi) is 7.64. The lowest BCUT2D eigenvalue weighted by atomic mass is 10.2.